The maximum Gasteiger partial charge on any atom is 0.318 e. The average Bonchev–Trinajstić information content (AvgIpc) is 2.74. The predicted octanol–water partition coefficient (Wildman–Crippen LogP) is 2.90. The minimum absolute atomic E-state index is 0.0359. The van der Waals surface area contributed by atoms with Crippen molar-refractivity contribution in [1.29, 1.82) is 0 Å². The molecule has 0 spiro atoms. The number of ether oxygens (including phenoxy) is 1. The third kappa shape index (κ3) is 4.42. The largest absolute Gasteiger partial charge is 0.381 e. The van der Waals surface area contributed by atoms with Gasteiger partial charge in [0.15, 0.2) is 0 Å². The fourth-order valence-corrected chi connectivity index (χ4v) is 3.67. The molecule has 2 N–H and O–H groups in total. The van der Waals surface area contributed by atoms with Crippen molar-refractivity contribution in [3.63, 3.8) is 0 Å². The van der Waals surface area contributed by atoms with Gasteiger partial charge in [-0.2, -0.15) is 0 Å². The summed E-state index contributed by atoms with van der Waals surface area (Å²) in [5.41, 5.74) is 3.15. The molecule has 1 saturated heterocycles. The zero-order valence-corrected chi connectivity index (χ0v) is 16.2. The van der Waals surface area contributed by atoms with Crippen LogP contribution in [0.4, 0.5) is 10.7 Å². The first-order valence-corrected chi connectivity index (χ1v) is 9.98. The second kappa shape index (κ2) is 8.56. The van der Waals surface area contributed by atoms with E-state index in [0.29, 0.717) is 25.1 Å². The van der Waals surface area contributed by atoms with E-state index >= 15 is 0 Å². The van der Waals surface area contributed by atoms with E-state index < -0.39 is 0 Å². The number of amides is 2. The molecule has 4 rings (SSSR count). The monoisotopic (exact) mass is 381 g/mol. The Balaban J connectivity index is 1.39. The first kappa shape index (κ1) is 18.7. The molecule has 2 aliphatic rings. The number of carbonyl (C=O) groups is 1. The highest BCUT2D eigenvalue weighted by molar-refractivity contribution is 5.75. The number of nitrogens with zero attached hydrogens (tertiary/aromatic N) is 3. The van der Waals surface area contributed by atoms with Gasteiger partial charge in [-0.15, -0.1) is 0 Å². The SMILES string of the molecule is C[C@@H](NC(=O)N1CCc2cnc(NC3CCOCC3)nc2C1)c1ccccc1. The van der Waals surface area contributed by atoms with E-state index in [4.69, 9.17) is 9.72 Å². The van der Waals surface area contributed by atoms with Gasteiger partial charge in [0, 0.05) is 32.0 Å². The van der Waals surface area contributed by atoms with Gasteiger partial charge >= 0.3 is 6.03 Å². The maximum atomic E-state index is 12.7. The van der Waals surface area contributed by atoms with Gasteiger partial charge in [-0.25, -0.2) is 14.8 Å². The average molecular weight is 381 g/mol. The Labute approximate surface area is 165 Å². The molecule has 28 heavy (non-hydrogen) atoms. The number of urea groups is 1. The summed E-state index contributed by atoms with van der Waals surface area (Å²) >= 11 is 0. The summed E-state index contributed by atoms with van der Waals surface area (Å²) in [7, 11) is 0. The van der Waals surface area contributed by atoms with Crippen LogP contribution in [-0.4, -0.2) is 46.7 Å². The third-order valence-electron chi connectivity index (χ3n) is 5.43. The lowest BCUT2D eigenvalue weighted by Gasteiger charge is -2.30. The fourth-order valence-electron chi connectivity index (χ4n) is 3.67. The minimum Gasteiger partial charge on any atom is -0.381 e. The van der Waals surface area contributed by atoms with Crippen LogP contribution in [-0.2, 0) is 17.7 Å². The first-order chi connectivity index (χ1) is 13.7. The molecule has 148 valence electrons. The van der Waals surface area contributed by atoms with Crippen LogP contribution < -0.4 is 10.6 Å². The molecule has 7 nitrogen and oxygen atoms in total. The van der Waals surface area contributed by atoms with Gasteiger partial charge in [0.2, 0.25) is 5.95 Å². The van der Waals surface area contributed by atoms with Gasteiger partial charge in [-0.3, -0.25) is 0 Å². The summed E-state index contributed by atoms with van der Waals surface area (Å²) in [4.78, 5) is 23.7. The number of aromatic nitrogens is 2. The number of nitrogens with one attached hydrogen (secondary N) is 2. The lowest BCUT2D eigenvalue weighted by molar-refractivity contribution is 0.0903. The van der Waals surface area contributed by atoms with Crippen molar-refractivity contribution >= 4 is 12.0 Å². The number of fused-ring (bicyclic) bond motifs is 1. The molecular weight excluding hydrogens is 354 g/mol. The molecule has 1 aromatic heterocycles. The van der Waals surface area contributed by atoms with Crippen LogP contribution in [0.1, 0.15) is 42.6 Å². The first-order valence-electron chi connectivity index (χ1n) is 9.98. The van der Waals surface area contributed by atoms with Crippen molar-refractivity contribution in [3.05, 3.63) is 53.3 Å². The Morgan fingerprint density at radius 1 is 1.25 bits per heavy atom. The lowest BCUT2D eigenvalue weighted by Crippen LogP contribution is -2.44. The molecule has 1 fully saturated rings. The Hall–Kier alpha value is -2.67. The summed E-state index contributed by atoms with van der Waals surface area (Å²) in [5, 5.41) is 6.50. The third-order valence-corrected chi connectivity index (χ3v) is 5.43. The molecule has 1 aromatic carbocycles. The summed E-state index contributed by atoms with van der Waals surface area (Å²) < 4.78 is 5.40. The van der Waals surface area contributed by atoms with Crippen LogP contribution in [0.5, 0.6) is 0 Å². The van der Waals surface area contributed by atoms with Gasteiger partial charge in [0.25, 0.3) is 0 Å². The zero-order chi connectivity index (χ0) is 19.3. The normalized spacial score (nSPS) is 18.2. The van der Waals surface area contributed by atoms with Gasteiger partial charge in [0.1, 0.15) is 0 Å². The molecular formula is C21H27N5O2. The standard InChI is InChI=1S/C21H27N5O2/c1-15(16-5-3-2-4-6-16)23-21(27)26-10-7-17-13-22-20(25-19(17)14-26)24-18-8-11-28-12-9-18/h2-6,13,15,18H,7-12,14H2,1H3,(H,23,27)(H,22,24,25)/t15-/m1/s1. The molecule has 0 unspecified atom stereocenters. The highest BCUT2D eigenvalue weighted by Gasteiger charge is 2.24. The van der Waals surface area contributed by atoms with Crippen molar-refractivity contribution in [3.8, 4) is 0 Å². The molecule has 2 aliphatic heterocycles. The van der Waals surface area contributed by atoms with Crippen LogP contribution in [0.3, 0.4) is 0 Å². The number of rotatable bonds is 4. The highest BCUT2D eigenvalue weighted by atomic mass is 16.5. The van der Waals surface area contributed by atoms with Crippen molar-refractivity contribution in [2.75, 3.05) is 25.1 Å². The summed E-state index contributed by atoms with van der Waals surface area (Å²) in [5.74, 6) is 0.644. The van der Waals surface area contributed by atoms with Crippen LogP contribution in [0.25, 0.3) is 0 Å². The number of hydrogen-bond acceptors (Lipinski definition) is 5. The second-order valence-corrected chi connectivity index (χ2v) is 7.45. The van der Waals surface area contributed by atoms with E-state index in [0.717, 1.165) is 49.3 Å². The Morgan fingerprint density at radius 2 is 2.04 bits per heavy atom. The van der Waals surface area contributed by atoms with Crippen LogP contribution in [0, 0.1) is 0 Å². The van der Waals surface area contributed by atoms with Crippen LogP contribution >= 0.6 is 0 Å². The van der Waals surface area contributed by atoms with Crippen molar-refractivity contribution in [2.24, 2.45) is 0 Å². The summed E-state index contributed by atoms with van der Waals surface area (Å²) in [6.07, 6.45) is 4.60. The van der Waals surface area contributed by atoms with Crippen molar-refractivity contribution < 1.29 is 9.53 Å². The van der Waals surface area contributed by atoms with Gasteiger partial charge in [0.05, 0.1) is 18.3 Å². The smallest absolute Gasteiger partial charge is 0.318 e. The molecule has 7 heteroatoms. The summed E-state index contributed by atoms with van der Waals surface area (Å²) in [6.45, 7) is 4.74. The van der Waals surface area contributed by atoms with Crippen LogP contribution in [0.2, 0.25) is 0 Å². The zero-order valence-electron chi connectivity index (χ0n) is 16.2. The number of benzene rings is 1. The topological polar surface area (TPSA) is 79.4 Å². The Kier molecular flexibility index (Phi) is 5.71. The molecule has 3 heterocycles. The number of hydrogen-bond donors (Lipinski definition) is 2. The molecule has 2 aromatic rings. The minimum atomic E-state index is -0.0560. The van der Waals surface area contributed by atoms with Gasteiger partial charge in [-0.1, -0.05) is 30.3 Å². The molecule has 1 atom stereocenters. The highest BCUT2D eigenvalue weighted by Crippen LogP contribution is 2.20. The van der Waals surface area contributed by atoms with Crippen molar-refractivity contribution in [1.82, 2.24) is 20.2 Å². The van der Waals surface area contributed by atoms with Crippen molar-refractivity contribution in [2.45, 2.75) is 44.8 Å². The molecule has 0 bridgehead atoms. The quantitative estimate of drug-likeness (QED) is 0.851. The van der Waals surface area contributed by atoms with E-state index in [1.165, 1.54) is 0 Å². The Bertz CT molecular complexity index is 808. The fraction of sp³-hybridized carbons (Fsp3) is 0.476. The van der Waals surface area contributed by atoms with Crippen LogP contribution in [0.15, 0.2) is 36.5 Å². The second-order valence-electron chi connectivity index (χ2n) is 7.45. The lowest BCUT2D eigenvalue weighted by atomic mass is 10.1. The summed E-state index contributed by atoms with van der Waals surface area (Å²) in [6, 6.07) is 10.3. The van der Waals surface area contributed by atoms with Gasteiger partial charge < -0.3 is 20.3 Å². The van der Waals surface area contributed by atoms with Gasteiger partial charge in [-0.05, 0) is 37.3 Å². The maximum absolute atomic E-state index is 12.7. The Morgan fingerprint density at radius 3 is 2.82 bits per heavy atom. The van der Waals surface area contributed by atoms with E-state index in [-0.39, 0.29) is 12.1 Å². The van der Waals surface area contributed by atoms with E-state index in [1.807, 2.05) is 48.4 Å². The molecule has 0 radical (unpaired) electrons. The number of anilines is 1. The predicted molar refractivity (Wildman–Crippen MR) is 107 cm³/mol. The van der Waals surface area contributed by atoms with E-state index in [1.54, 1.807) is 0 Å². The number of carbonyl (C=O) groups excluding carboxylic acids is 1. The molecule has 0 aliphatic carbocycles. The van der Waals surface area contributed by atoms with E-state index in [2.05, 4.69) is 15.6 Å². The van der Waals surface area contributed by atoms with E-state index in [9.17, 15) is 4.79 Å². The molecule has 0 saturated carbocycles. The molecule has 2 amide bonds.